The van der Waals surface area contributed by atoms with E-state index >= 15 is 0 Å². The lowest BCUT2D eigenvalue weighted by Gasteiger charge is -2.36. The first kappa shape index (κ1) is 30.5. The number of pyridine rings is 1. The monoisotopic (exact) mass is 634 g/mol. The molecule has 238 valence electrons. The third kappa shape index (κ3) is 5.71. The van der Waals surface area contributed by atoms with E-state index in [0.717, 1.165) is 47.8 Å². The molecule has 2 amide bonds. The van der Waals surface area contributed by atoms with Crippen molar-refractivity contribution >= 4 is 17.5 Å². The van der Waals surface area contributed by atoms with E-state index in [1.54, 1.807) is 42.3 Å². The Hall–Kier alpha value is -5.18. The van der Waals surface area contributed by atoms with Gasteiger partial charge < -0.3 is 14.4 Å². The maximum Gasteiger partial charge on any atom is 0.417 e. The van der Waals surface area contributed by atoms with Gasteiger partial charge in [-0.25, -0.2) is 0 Å². The van der Waals surface area contributed by atoms with Gasteiger partial charge in [-0.1, -0.05) is 48.5 Å². The number of piperidine rings is 1. The van der Waals surface area contributed by atoms with Gasteiger partial charge in [0.1, 0.15) is 5.69 Å². The van der Waals surface area contributed by atoms with Crippen LogP contribution in [-0.2, 0) is 19.3 Å². The average molecular weight is 635 g/mol. The molecule has 9 heteroatoms. The Balaban J connectivity index is 1.22. The fourth-order valence-electron chi connectivity index (χ4n) is 6.99. The van der Waals surface area contributed by atoms with Crippen molar-refractivity contribution in [3.8, 4) is 11.1 Å². The van der Waals surface area contributed by atoms with E-state index in [0.29, 0.717) is 35.5 Å². The van der Waals surface area contributed by atoms with Gasteiger partial charge in [0.2, 0.25) is 0 Å². The van der Waals surface area contributed by atoms with Crippen LogP contribution in [0.15, 0.2) is 103 Å². The Kier molecular flexibility index (Phi) is 7.91. The highest BCUT2D eigenvalue weighted by Crippen LogP contribution is 2.39. The van der Waals surface area contributed by atoms with Crippen LogP contribution < -0.4 is 4.90 Å². The molecule has 5 aromatic rings. The Bertz CT molecular complexity index is 1970. The second-order valence-electron chi connectivity index (χ2n) is 12.2. The van der Waals surface area contributed by atoms with Gasteiger partial charge in [0.05, 0.1) is 24.7 Å². The molecular formula is C38H33F3N4O2. The van der Waals surface area contributed by atoms with Crippen molar-refractivity contribution in [2.24, 2.45) is 0 Å². The molecule has 2 aromatic heterocycles. The van der Waals surface area contributed by atoms with Crippen LogP contribution in [0.4, 0.5) is 18.9 Å². The molecule has 1 atom stereocenters. The first-order chi connectivity index (χ1) is 22.7. The molecule has 1 fully saturated rings. The van der Waals surface area contributed by atoms with Crippen molar-refractivity contribution in [2.75, 3.05) is 11.4 Å². The number of carbonyl (C=O) groups excluding carboxylic acids is 2. The maximum atomic E-state index is 14.2. The summed E-state index contributed by atoms with van der Waals surface area (Å²) in [7, 11) is 0. The zero-order chi connectivity index (χ0) is 32.7. The molecule has 4 heterocycles. The van der Waals surface area contributed by atoms with Crippen LogP contribution in [0, 0.1) is 6.92 Å². The number of amides is 2. The molecule has 0 bridgehead atoms. The second-order valence-corrected chi connectivity index (χ2v) is 12.2. The normalized spacial score (nSPS) is 16.3. The molecule has 0 aliphatic carbocycles. The number of rotatable bonds is 4. The number of likely N-dealkylation sites (tertiary alicyclic amines) is 1. The second kappa shape index (κ2) is 12.2. The van der Waals surface area contributed by atoms with Crippen molar-refractivity contribution in [1.29, 1.82) is 0 Å². The van der Waals surface area contributed by atoms with Crippen molar-refractivity contribution in [2.45, 2.75) is 51.5 Å². The molecule has 6 nitrogen and oxygen atoms in total. The zero-order valence-corrected chi connectivity index (χ0v) is 25.9. The predicted molar refractivity (Wildman–Crippen MR) is 174 cm³/mol. The van der Waals surface area contributed by atoms with Crippen molar-refractivity contribution in [3.63, 3.8) is 0 Å². The largest absolute Gasteiger partial charge is 0.417 e. The maximum absolute atomic E-state index is 14.2. The number of aryl methyl sites for hydroxylation is 1. The van der Waals surface area contributed by atoms with Crippen LogP contribution >= 0.6 is 0 Å². The summed E-state index contributed by atoms with van der Waals surface area (Å²) in [5, 5.41) is 0. The van der Waals surface area contributed by atoms with Gasteiger partial charge in [0.15, 0.2) is 0 Å². The zero-order valence-electron chi connectivity index (χ0n) is 25.9. The summed E-state index contributed by atoms with van der Waals surface area (Å²) in [6.07, 6.45) is 1.90. The SMILES string of the molecule is Cc1cc(C(=O)N2Cc3ccc(C(=O)N4CCCCC4c4cccnc4)n3Cc3ccccc32)ccc1-c1ccccc1C(F)(F)F. The quantitative estimate of drug-likeness (QED) is 0.199. The lowest BCUT2D eigenvalue weighted by Crippen LogP contribution is -2.39. The summed E-state index contributed by atoms with van der Waals surface area (Å²) >= 11 is 0. The van der Waals surface area contributed by atoms with Crippen LogP contribution in [0.2, 0.25) is 0 Å². The molecule has 2 aliphatic heterocycles. The summed E-state index contributed by atoms with van der Waals surface area (Å²) in [5.41, 5.74) is 4.75. The number of nitrogens with zero attached hydrogens (tertiary/aromatic N) is 4. The highest BCUT2D eigenvalue weighted by Gasteiger charge is 2.35. The number of para-hydroxylation sites is 1. The highest BCUT2D eigenvalue weighted by molar-refractivity contribution is 6.07. The molecule has 0 saturated carbocycles. The molecule has 1 unspecified atom stereocenters. The Morgan fingerprint density at radius 2 is 1.64 bits per heavy atom. The number of hydrogen-bond donors (Lipinski definition) is 0. The van der Waals surface area contributed by atoms with Crippen LogP contribution in [0.5, 0.6) is 0 Å². The smallest absolute Gasteiger partial charge is 0.334 e. The molecule has 0 radical (unpaired) electrons. The van der Waals surface area contributed by atoms with Crippen LogP contribution in [0.1, 0.15) is 74.1 Å². The van der Waals surface area contributed by atoms with Gasteiger partial charge in [-0.2, -0.15) is 13.2 Å². The number of anilines is 1. The van der Waals surface area contributed by atoms with E-state index < -0.39 is 11.7 Å². The number of alkyl halides is 3. The summed E-state index contributed by atoms with van der Waals surface area (Å²) < 4.78 is 43.4. The van der Waals surface area contributed by atoms with Gasteiger partial charge >= 0.3 is 6.18 Å². The van der Waals surface area contributed by atoms with Crippen molar-refractivity contribution in [3.05, 3.63) is 143 Å². The van der Waals surface area contributed by atoms with E-state index in [2.05, 4.69) is 4.98 Å². The third-order valence-electron chi connectivity index (χ3n) is 9.30. The lowest BCUT2D eigenvalue weighted by atomic mass is 9.94. The summed E-state index contributed by atoms with van der Waals surface area (Å²) in [4.78, 5) is 36.3. The van der Waals surface area contributed by atoms with E-state index in [-0.39, 0.29) is 30.0 Å². The van der Waals surface area contributed by atoms with Crippen molar-refractivity contribution < 1.29 is 22.8 Å². The molecule has 47 heavy (non-hydrogen) atoms. The van der Waals surface area contributed by atoms with Gasteiger partial charge in [0.25, 0.3) is 11.8 Å². The summed E-state index contributed by atoms with van der Waals surface area (Å²) in [6, 6.07) is 25.6. The van der Waals surface area contributed by atoms with Gasteiger partial charge in [0, 0.05) is 35.9 Å². The van der Waals surface area contributed by atoms with Crippen LogP contribution in [-0.4, -0.2) is 32.8 Å². The minimum Gasteiger partial charge on any atom is -0.334 e. The molecule has 2 aliphatic rings. The summed E-state index contributed by atoms with van der Waals surface area (Å²) in [5.74, 6) is -0.321. The molecule has 0 N–H and O–H groups in total. The molecule has 0 spiro atoms. The number of hydrogen-bond acceptors (Lipinski definition) is 3. The fraction of sp³-hybridized carbons (Fsp3) is 0.237. The first-order valence-electron chi connectivity index (χ1n) is 15.8. The van der Waals surface area contributed by atoms with Crippen molar-refractivity contribution in [1.82, 2.24) is 14.5 Å². The van der Waals surface area contributed by atoms with Crippen LogP contribution in [0.3, 0.4) is 0 Å². The highest BCUT2D eigenvalue weighted by atomic mass is 19.4. The van der Waals surface area contributed by atoms with E-state index in [4.69, 9.17) is 0 Å². The lowest BCUT2D eigenvalue weighted by molar-refractivity contribution is -0.137. The molecule has 3 aromatic carbocycles. The van der Waals surface area contributed by atoms with Gasteiger partial charge in [-0.05, 0) is 96.5 Å². The molecular weight excluding hydrogens is 601 g/mol. The van der Waals surface area contributed by atoms with E-state index in [9.17, 15) is 22.8 Å². The number of fused-ring (bicyclic) bond motifs is 2. The van der Waals surface area contributed by atoms with Gasteiger partial charge in [-0.3, -0.25) is 14.6 Å². The van der Waals surface area contributed by atoms with E-state index in [1.165, 1.54) is 12.1 Å². The topological polar surface area (TPSA) is 58.4 Å². The number of halogens is 3. The predicted octanol–water partition coefficient (Wildman–Crippen LogP) is 8.45. The molecule has 1 saturated heterocycles. The number of carbonyl (C=O) groups is 2. The standard InChI is InChI=1S/C38H33F3N4O2/c1-25-21-26(15-17-30(25)31-11-3-4-12-32(31)38(39,40)41)36(46)45-24-29-16-18-35(44(29)23-28-9-2-5-13-34(28)45)37(47)43-20-7-6-14-33(43)27-10-8-19-42-22-27/h2-5,8-13,15-19,21-22,33H,6-7,14,20,23-24H2,1H3. The Morgan fingerprint density at radius 3 is 2.43 bits per heavy atom. The minimum atomic E-state index is -4.50. The van der Waals surface area contributed by atoms with Crippen LogP contribution in [0.25, 0.3) is 11.1 Å². The fourth-order valence-corrected chi connectivity index (χ4v) is 6.99. The first-order valence-corrected chi connectivity index (χ1v) is 15.8. The molecule has 7 rings (SSSR count). The minimum absolute atomic E-state index is 0.0487. The number of benzene rings is 3. The third-order valence-corrected chi connectivity index (χ3v) is 9.30. The average Bonchev–Trinajstić information content (AvgIpc) is 3.40. The van der Waals surface area contributed by atoms with E-state index in [1.807, 2.05) is 64.2 Å². The Morgan fingerprint density at radius 1 is 0.830 bits per heavy atom. The summed E-state index contributed by atoms with van der Waals surface area (Å²) in [6.45, 7) is 3.02. The van der Waals surface area contributed by atoms with Gasteiger partial charge in [-0.15, -0.1) is 0 Å². The number of aromatic nitrogens is 2. The Labute approximate surface area is 271 Å².